The lowest BCUT2D eigenvalue weighted by Gasteiger charge is -2.12. The number of hydrogen-bond donors (Lipinski definition) is 3. The monoisotopic (exact) mass is 259 g/mol. The van der Waals surface area contributed by atoms with E-state index in [0.29, 0.717) is 0 Å². The molecule has 94 valence electrons. The summed E-state index contributed by atoms with van der Waals surface area (Å²) in [4.78, 5) is 14.5. The van der Waals surface area contributed by atoms with E-state index < -0.39 is 16.2 Å². The number of carbonyl (C=O) groups is 1. The number of nitrogens with one attached hydrogen (secondary N) is 2. The fraction of sp³-hybridized carbons (Fsp3) is 0.333. The molecule has 0 bridgehead atoms. The second-order valence-electron chi connectivity index (χ2n) is 3.60. The fourth-order valence-corrected chi connectivity index (χ4v) is 2.28. The molecule has 0 radical (unpaired) electrons. The molecule has 1 aromatic heterocycles. The van der Waals surface area contributed by atoms with Gasteiger partial charge in [-0.3, -0.25) is 9.71 Å². The highest BCUT2D eigenvalue weighted by atomic mass is 32.2. The molecule has 0 saturated carbocycles. The summed E-state index contributed by atoms with van der Waals surface area (Å²) in [6.45, 7) is 3.31. The van der Waals surface area contributed by atoms with Gasteiger partial charge in [0.2, 0.25) is 0 Å². The zero-order chi connectivity index (χ0) is 13.1. The van der Waals surface area contributed by atoms with Crippen molar-refractivity contribution in [2.45, 2.75) is 19.9 Å². The Morgan fingerprint density at radius 1 is 1.47 bits per heavy atom. The summed E-state index contributed by atoms with van der Waals surface area (Å²) in [6, 6.07) is 0.924. The molecular formula is C9H13N3O4S. The molecular weight excluding hydrogens is 246 g/mol. The zero-order valence-electron chi connectivity index (χ0n) is 9.34. The molecule has 3 N–H and O–H groups in total. The van der Waals surface area contributed by atoms with Crippen LogP contribution in [0, 0.1) is 0 Å². The molecule has 7 nitrogen and oxygen atoms in total. The first-order chi connectivity index (χ1) is 7.82. The van der Waals surface area contributed by atoms with Crippen LogP contribution in [0.4, 0.5) is 5.69 Å². The van der Waals surface area contributed by atoms with Crippen LogP contribution in [0.15, 0.2) is 18.5 Å². The van der Waals surface area contributed by atoms with Gasteiger partial charge in [0, 0.05) is 12.2 Å². The first-order valence-corrected chi connectivity index (χ1v) is 6.27. The quantitative estimate of drug-likeness (QED) is 0.710. The van der Waals surface area contributed by atoms with E-state index in [2.05, 4.69) is 14.4 Å². The maximum Gasteiger partial charge on any atom is 0.337 e. The Kier molecular flexibility index (Phi) is 4.02. The molecule has 0 atom stereocenters. The van der Waals surface area contributed by atoms with Crippen molar-refractivity contribution in [3.05, 3.63) is 24.0 Å². The number of carboxylic acids is 1. The number of aromatic carboxylic acids is 1. The van der Waals surface area contributed by atoms with E-state index >= 15 is 0 Å². The number of hydrogen-bond acceptors (Lipinski definition) is 4. The van der Waals surface area contributed by atoms with Crippen molar-refractivity contribution in [3.63, 3.8) is 0 Å². The lowest BCUT2D eigenvalue weighted by Crippen LogP contribution is -2.35. The minimum Gasteiger partial charge on any atom is -0.478 e. The third kappa shape index (κ3) is 4.00. The SMILES string of the molecule is CC(C)NS(=O)(=O)Nc1cnccc1C(=O)O. The molecule has 0 aliphatic heterocycles. The molecule has 0 amide bonds. The van der Waals surface area contributed by atoms with E-state index in [1.807, 2.05) is 0 Å². The van der Waals surface area contributed by atoms with E-state index in [-0.39, 0.29) is 17.3 Å². The number of carboxylic acid groups (broad SMARTS) is 1. The average molecular weight is 259 g/mol. The van der Waals surface area contributed by atoms with Crippen molar-refractivity contribution in [2.24, 2.45) is 0 Å². The molecule has 0 aliphatic carbocycles. The van der Waals surface area contributed by atoms with Gasteiger partial charge in [-0.25, -0.2) is 4.79 Å². The van der Waals surface area contributed by atoms with Gasteiger partial charge in [-0.2, -0.15) is 13.1 Å². The minimum absolute atomic E-state index is 0.0758. The molecule has 8 heteroatoms. The van der Waals surface area contributed by atoms with Crippen LogP contribution in [-0.4, -0.2) is 30.5 Å². The maximum atomic E-state index is 11.5. The summed E-state index contributed by atoms with van der Waals surface area (Å²) in [5.41, 5.74) is -0.234. The Bertz CT molecular complexity index is 513. The van der Waals surface area contributed by atoms with Crippen molar-refractivity contribution in [1.82, 2.24) is 9.71 Å². The van der Waals surface area contributed by atoms with Gasteiger partial charge in [-0.1, -0.05) is 0 Å². The first kappa shape index (κ1) is 13.4. The molecule has 1 rings (SSSR count). The van der Waals surface area contributed by atoms with Crippen LogP contribution in [0.5, 0.6) is 0 Å². The Morgan fingerprint density at radius 2 is 2.12 bits per heavy atom. The van der Waals surface area contributed by atoms with Gasteiger partial charge in [0.15, 0.2) is 0 Å². The van der Waals surface area contributed by atoms with E-state index in [1.165, 1.54) is 12.3 Å². The van der Waals surface area contributed by atoms with Crippen LogP contribution in [-0.2, 0) is 10.2 Å². The van der Waals surface area contributed by atoms with Crippen molar-refractivity contribution >= 4 is 21.9 Å². The summed E-state index contributed by atoms with van der Waals surface area (Å²) in [5, 5.41) is 8.86. The predicted octanol–water partition coefficient (Wildman–Crippen LogP) is 0.434. The Labute approximate surface area is 99.1 Å². The van der Waals surface area contributed by atoms with Crippen LogP contribution in [0.25, 0.3) is 0 Å². The number of anilines is 1. The van der Waals surface area contributed by atoms with Crippen molar-refractivity contribution in [1.29, 1.82) is 0 Å². The summed E-state index contributed by atoms with van der Waals surface area (Å²) < 4.78 is 27.5. The molecule has 17 heavy (non-hydrogen) atoms. The van der Waals surface area contributed by atoms with Crippen molar-refractivity contribution in [3.8, 4) is 0 Å². The van der Waals surface area contributed by atoms with Crippen molar-refractivity contribution < 1.29 is 18.3 Å². The zero-order valence-corrected chi connectivity index (χ0v) is 10.2. The Morgan fingerprint density at radius 3 is 2.65 bits per heavy atom. The average Bonchev–Trinajstić information content (AvgIpc) is 2.14. The Hall–Kier alpha value is -1.67. The van der Waals surface area contributed by atoms with Crippen LogP contribution in [0.3, 0.4) is 0 Å². The molecule has 0 saturated heterocycles. The van der Waals surface area contributed by atoms with Gasteiger partial charge in [-0.15, -0.1) is 0 Å². The van der Waals surface area contributed by atoms with Gasteiger partial charge in [-0.05, 0) is 19.9 Å². The van der Waals surface area contributed by atoms with Gasteiger partial charge in [0.1, 0.15) is 0 Å². The third-order valence-corrected chi connectivity index (χ3v) is 2.96. The van der Waals surface area contributed by atoms with Crippen LogP contribution < -0.4 is 9.44 Å². The van der Waals surface area contributed by atoms with Gasteiger partial charge >= 0.3 is 5.97 Å². The smallest absolute Gasteiger partial charge is 0.337 e. The van der Waals surface area contributed by atoms with Crippen LogP contribution in [0.2, 0.25) is 0 Å². The summed E-state index contributed by atoms with van der Waals surface area (Å²) >= 11 is 0. The molecule has 0 unspecified atom stereocenters. The molecule has 0 aliphatic rings. The van der Waals surface area contributed by atoms with Crippen LogP contribution in [0.1, 0.15) is 24.2 Å². The highest BCUT2D eigenvalue weighted by Gasteiger charge is 2.16. The van der Waals surface area contributed by atoms with Crippen molar-refractivity contribution in [2.75, 3.05) is 4.72 Å². The highest BCUT2D eigenvalue weighted by molar-refractivity contribution is 7.90. The summed E-state index contributed by atoms with van der Waals surface area (Å²) in [7, 11) is -3.79. The number of nitrogens with zero attached hydrogens (tertiary/aromatic N) is 1. The van der Waals surface area contributed by atoms with Crippen LogP contribution >= 0.6 is 0 Å². The second kappa shape index (κ2) is 5.11. The van der Waals surface area contributed by atoms with E-state index in [0.717, 1.165) is 6.20 Å². The summed E-state index contributed by atoms with van der Waals surface area (Å²) in [5.74, 6) is -1.23. The first-order valence-electron chi connectivity index (χ1n) is 4.79. The molecule has 0 spiro atoms. The number of rotatable bonds is 5. The predicted molar refractivity (Wildman–Crippen MR) is 62.0 cm³/mol. The number of aromatic nitrogens is 1. The topological polar surface area (TPSA) is 108 Å². The lowest BCUT2D eigenvalue weighted by molar-refractivity contribution is 0.0698. The van der Waals surface area contributed by atoms with E-state index in [1.54, 1.807) is 13.8 Å². The molecule has 0 fully saturated rings. The largest absolute Gasteiger partial charge is 0.478 e. The standard InChI is InChI=1S/C9H13N3O4S/c1-6(2)11-17(15,16)12-8-5-10-4-3-7(8)9(13)14/h3-6,11-12H,1-2H3,(H,13,14). The van der Waals surface area contributed by atoms with Gasteiger partial charge in [0.05, 0.1) is 17.4 Å². The third-order valence-electron chi connectivity index (χ3n) is 1.69. The molecule has 0 aromatic carbocycles. The fourth-order valence-electron chi connectivity index (χ4n) is 1.15. The van der Waals surface area contributed by atoms with E-state index in [9.17, 15) is 13.2 Å². The highest BCUT2D eigenvalue weighted by Crippen LogP contribution is 2.14. The normalized spacial score (nSPS) is 11.5. The Balaban J connectivity index is 3.00. The second-order valence-corrected chi connectivity index (χ2v) is 5.05. The maximum absolute atomic E-state index is 11.5. The minimum atomic E-state index is -3.79. The number of pyridine rings is 1. The van der Waals surface area contributed by atoms with E-state index in [4.69, 9.17) is 5.11 Å². The van der Waals surface area contributed by atoms with Gasteiger partial charge < -0.3 is 5.11 Å². The summed E-state index contributed by atoms with van der Waals surface area (Å²) in [6.07, 6.45) is 2.42. The molecule has 1 heterocycles. The lowest BCUT2D eigenvalue weighted by atomic mass is 10.2. The van der Waals surface area contributed by atoms with Gasteiger partial charge in [0.25, 0.3) is 10.2 Å². The molecule has 1 aromatic rings.